The third kappa shape index (κ3) is 3.62. The van der Waals surface area contributed by atoms with Crippen LogP contribution in [0.25, 0.3) is 0 Å². The van der Waals surface area contributed by atoms with Gasteiger partial charge in [0.2, 0.25) is 0 Å². The smallest absolute Gasteiger partial charge is 0.0583 e. The van der Waals surface area contributed by atoms with Crippen molar-refractivity contribution in [1.82, 2.24) is 0 Å². The number of rotatable bonds is 4. The molecule has 1 fully saturated rings. The third-order valence-corrected chi connectivity index (χ3v) is 4.11. The molecule has 1 nitrogen and oxygen atoms in total. The Bertz CT molecular complexity index is 262. The van der Waals surface area contributed by atoms with Gasteiger partial charge < -0.3 is 5.11 Å². The van der Waals surface area contributed by atoms with Gasteiger partial charge in [0, 0.05) is 0 Å². The molecule has 1 aliphatic carbocycles. The maximum absolute atomic E-state index is 9.98. The van der Waals surface area contributed by atoms with E-state index >= 15 is 0 Å². The van der Waals surface area contributed by atoms with E-state index in [0.29, 0.717) is 0 Å². The maximum atomic E-state index is 9.98. The van der Waals surface area contributed by atoms with E-state index in [1.54, 1.807) is 11.3 Å². The summed E-state index contributed by atoms with van der Waals surface area (Å²) in [4.78, 5) is 0. The first-order chi connectivity index (χ1) is 7.34. The third-order valence-electron chi connectivity index (χ3n) is 3.38. The molecule has 2 rings (SSSR count). The van der Waals surface area contributed by atoms with Gasteiger partial charge in [0.1, 0.15) is 0 Å². The topological polar surface area (TPSA) is 20.2 Å². The van der Waals surface area contributed by atoms with Crippen molar-refractivity contribution >= 4 is 11.3 Å². The molecule has 1 atom stereocenters. The second-order valence-corrected chi connectivity index (χ2v) is 5.51. The summed E-state index contributed by atoms with van der Waals surface area (Å²) in [6.45, 7) is 0. The summed E-state index contributed by atoms with van der Waals surface area (Å²) in [6, 6.07) is 2.12. The van der Waals surface area contributed by atoms with Crippen LogP contribution < -0.4 is 0 Å². The Morgan fingerprint density at radius 3 is 2.80 bits per heavy atom. The molecule has 0 aliphatic heterocycles. The van der Waals surface area contributed by atoms with Gasteiger partial charge in [-0.15, -0.1) is 0 Å². The molecule has 1 aliphatic rings. The monoisotopic (exact) mass is 224 g/mol. The van der Waals surface area contributed by atoms with Gasteiger partial charge in [0.25, 0.3) is 0 Å². The van der Waals surface area contributed by atoms with Crippen molar-refractivity contribution < 1.29 is 5.11 Å². The van der Waals surface area contributed by atoms with Gasteiger partial charge in [-0.25, -0.2) is 0 Å². The normalized spacial score (nSPS) is 20.3. The molecule has 0 radical (unpaired) electrons. The van der Waals surface area contributed by atoms with Crippen LogP contribution in [0, 0.1) is 5.92 Å². The summed E-state index contributed by atoms with van der Waals surface area (Å²) in [6.07, 6.45) is 8.54. The molecular weight excluding hydrogens is 204 g/mol. The molecule has 1 N–H and O–H groups in total. The van der Waals surface area contributed by atoms with Crippen LogP contribution in [0.3, 0.4) is 0 Å². The molecule has 1 saturated carbocycles. The number of thiophene rings is 1. The average molecular weight is 224 g/mol. The first kappa shape index (κ1) is 11.2. The zero-order chi connectivity index (χ0) is 10.5. The van der Waals surface area contributed by atoms with Gasteiger partial charge in [0.05, 0.1) is 6.10 Å². The molecule has 0 aromatic carbocycles. The number of aliphatic hydroxyl groups excluding tert-OH is 1. The van der Waals surface area contributed by atoms with Crippen molar-refractivity contribution in [2.24, 2.45) is 5.92 Å². The van der Waals surface area contributed by atoms with Crippen LogP contribution in [0.5, 0.6) is 0 Å². The van der Waals surface area contributed by atoms with Crippen molar-refractivity contribution in [2.75, 3.05) is 0 Å². The van der Waals surface area contributed by atoms with Crippen LogP contribution in [0.15, 0.2) is 16.8 Å². The van der Waals surface area contributed by atoms with Crippen molar-refractivity contribution in [1.29, 1.82) is 0 Å². The predicted octanol–water partition coefficient (Wildman–Crippen LogP) is 3.62. The fraction of sp³-hybridized carbons (Fsp3) is 0.692. The molecule has 1 aromatic rings. The van der Waals surface area contributed by atoms with Gasteiger partial charge >= 0.3 is 0 Å². The van der Waals surface area contributed by atoms with Crippen molar-refractivity contribution in [3.8, 4) is 0 Å². The molecule has 0 spiro atoms. The SMILES string of the molecule is OC(Cc1ccsc1)CC1CCCCC1. The largest absolute Gasteiger partial charge is 0.393 e. The minimum Gasteiger partial charge on any atom is -0.393 e. The van der Waals surface area contributed by atoms with Crippen molar-refractivity contribution in [3.63, 3.8) is 0 Å². The quantitative estimate of drug-likeness (QED) is 0.828. The predicted molar refractivity (Wildman–Crippen MR) is 65.2 cm³/mol. The zero-order valence-electron chi connectivity index (χ0n) is 9.19. The van der Waals surface area contributed by atoms with Crippen LogP contribution in [0.2, 0.25) is 0 Å². The highest BCUT2D eigenvalue weighted by atomic mass is 32.1. The summed E-state index contributed by atoms with van der Waals surface area (Å²) in [5.74, 6) is 0.785. The van der Waals surface area contributed by atoms with Gasteiger partial charge in [-0.3, -0.25) is 0 Å². The van der Waals surface area contributed by atoms with Crippen LogP contribution in [0.1, 0.15) is 44.1 Å². The zero-order valence-corrected chi connectivity index (χ0v) is 10.0. The first-order valence-corrected chi connectivity index (χ1v) is 6.98. The highest BCUT2D eigenvalue weighted by Crippen LogP contribution is 2.28. The first-order valence-electron chi connectivity index (χ1n) is 6.04. The lowest BCUT2D eigenvalue weighted by atomic mass is 9.84. The van der Waals surface area contributed by atoms with E-state index < -0.39 is 0 Å². The molecule has 1 aromatic heterocycles. The Labute approximate surface area is 96.1 Å². The minimum absolute atomic E-state index is 0.123. The molecule has 84 valence electrons. The van der Waals surface area contributed by atoms with E-state index in [0.717, 1.165) is 18.8 Å². The Balaban J connectivity index is 1.74. The van der Waals surface area contributed by atoms with Crippen LogP contribution in [-0.4, -0.2) is 11.2 Å². The average Bonchev–Trinajstić information content (AvgIpc) is 2.71. The summed E-state index contributed by atoms with van der Waals surface area (Å²) < 4.78 is 0. The summed E-state index contributed by atoms with van der Waals surface area (Å²) in [5.41, 5.74) is 1.29. The number of aliphatic hydroxyl groups is 1. The molecule has 1 unspecified atom stereocenters. The van der Waals surface area contributed by atoms with Crippen LogP contribution in [-0.2, 0) is 6.42 Å². The van der Waals surface area contributed by atoms with Gasteiger partial charge in [-0.05, 0) is 41.1 Å². The van der Waals surface area contributed by atoms with Gasteiger partial charge in [0.15, 0.2) is 0 Å². The summed E-state index contributed by atoms with van der Waals surface area (Å²) >= 11 is 1.72. The van der Waals surface area contributed by atoms with E-state index in [2.05, 4.69) is 16.8 Å². The Hall–Kier alpha value is -0.340. The van der Waals surface area contributed by atoms with Crippen molar-refractivity contribution in [2.45, 2.75) is 51.0 Å². The Morgan fingerprint density at radius 1 is 1.33 bits per heavy atom. The lowest BCUT2D eigenvalue weighted by Crippen LogP contribution is -2.17. The van der Waals surface area contributed by atoms with E-state index in [1.165, 1.54) is 37.7 Å². The number of hydrogen-bond acceptors (Lipinski definition) is 2. The highest BCUT2D eigenvalue weighted by Gasteiger charge is 2.17. The summed E-state index contributed by atoms with van der Waals surface area (Å²) in [5, 5.41) is 14.2. The maximum Gasteiger partial charge on any atom is 0.0583 e. The van der Waals surface area contributed by atoms with Gasteiger partial charge in [-0.1, -0.05) is 32.1 Å². The van der Waals surface area contributed by atoms with E-state index in [-0.39, 0.29) is 6.10 Å². The lowest BCUT2D eigenvalue weighted by Gasteiger charge is -2.23. The van der Waals surface area contributed by atoms with Crippen LogP contribution >= 0.6 is 11.3 Å². The minimum atomic E-state index is -0.123. The standard InChI is InChI=1S/C13H20OS/c14-13(9-12-6-7-15-10-12)8-11-4-2-1-3-5-11/h6-7,10-11,13-14H,1-5,8-9H2. The van der Waals surface area contributed by atoms with E-state index in [9.17, 15) is 5.11 Å². The molecule has 0 amide bonds. The van der Waals surface area contributed by atoms with Crippen molar-refractivity contribution in [3.05, 3.63) is 22.4 Å². The lowest BCUT2D eigenvalue weighted by molar-refractivity contribution is 0.130. The highest BCUT2D eigenvalue weighted by molar-refractivity contribution is 7.07. The van der Waals surface area contributed by atoms with Crippen LogP contribution in [0.4, 0.5) is 0 Å². The Morgan fingerprint density at radius 2 is 2.13 bits per heavy atom. The molecule has 1 heterocycles. The van der Waals surface area contributed by atoms with Gasteiger partial charge in [-0.2, -0.15) is 11.3 Å². The molecule has 0 saturated heterocycles. The molecule has 2 heteroatoms. The second-order valence-electron chi connectivity index (χ2n) is 4.73. The van der Waals surface area contributed by atoms with E-state index in [4.69, 9.17) is 0 Å². The van der Waals surface area contributed by atoms with E-state index in [1.807, 2.05) is 0 Å². The second kappa shape index (κ2) is 5.66. The molecule has 0 bridgehead atoms. The summed E-state index contributed by atoms with van der Waals surface area (Å²) in [7, 11) is 0. The molecule has 15 heavy (non-hydrogen) atoms. The fourth-order valence-corrected chi connectivity index (χ4v) is 3.25. The Kier molecular flexibility index (Phi) is 4.21. The molecular formula is C13H20OS. The fourth-order valence-electron chi connectivity index (χ4n) is 2.57. The number of hydrogen-bond donors (Lipinski definition) is 1.